The second-order valence-electron chi connectivity index (χ2n) is 4.46. The quantitative estimate of drug-likeness (QED) is 0.819. The minimum absolute atomic E-state index is 0.160. The van der Waals surface area contributed by atoms with E-state index in [0.29, 0.717) is 23.8 Å². The Morgan fingerprint density at radius 3 is 2.39 bits per heavy atom. The van der Waals surface area contributed by atoms with Gasteiger partial charge in [0, 0.05) is 27.2 Å². The Balaban J connectivity index is 3.14. The van der Waals surface area contributed by atoms with Crippen molar-refractivity contribution in [2.24, 2.45) is 0 Å². The molecule has 0 spiro atoms. The number of aryl methyl sites for hydroxylation is 1. The van der Waals surface area contributed by atoms with E-state index in [2.05, 4.69) is 16.9 Å². The lowest BCUT2D eigenvalue weighted by Gasteiger charge is -2.14. The van der Waals surface area contributed by atoms with E-state index in [4.69, 9.17) is 11.6 Å². The van der Waals surface area contributed by atoms with Gasteiger partial charge in [-0.15, -0.1) is 0 Å². The molecule has 1 aromatic heterocycles. The minimum atomic E-state index is -0.160. The van der Waals surface area contributed by atoms with E-state index >= 15 is 0 Å². The molecular weight excluding hydrogens is 252 g/mol. The highest BCUT2D eigenvalue weighted by Gasteiger charge is 2.22. The molecule has 1 heterocycles. The first-order valence-electron chi connectivity index (χ1n) is 6.07. The fourth-order valence-electron chi connectivity index (χ4n) is 1.60. The van der Waals surface area contributed by atoms with E-state index in [0.717, 1.165) is 12.2 Å². The molecule has 0 saturated heterocycles. The van der Waals surface area contributed by atoms with Crippen LogP contribution in [-0.2, 0) is 13.1 Å². The van der Waals surface area contributed by atoms with Gasteiger partial charge in [-0.25, -0.2) is 0 Å². The van der Waals surface area contributed by atoms with Gasteiger partial charge in [0.05, 0.1) is 10.7 Å². The van der Waals surface area contributed by atoms with Crippen LogP contribution in [0.2, 0.25) is 5.02 Å². The highest BCUT2D eigenvalue weighted by atomic mass is 35.5. The van der Waals surface area contributed by atoms with E-state index in [-0.39, 0.29) is 5.91 Å². The molecule has 18 heavy (non-hydrogen) atoms. The van der Waals surface area contributed by atoms with Crippen molar-refractivity contribution in [3.8, 4) is 0 Å². The Kier molecular flexibility index (Phi) is 5.16. The number of hydrogen-bond donors (Lipinski definition) is 0. The number of halogens is 1. The number of carbonyl (C=O) groups is 1. The number of aromatic nitrogens is 2. The molecule has 0 aliphatic carbocycles. The van der Waals surface area contributed by atoms with Crippen LogP contribution >= 0.6 is 11.6 Å². The first-order valence-corrected chi connectivity index (χ1v) is 6.45. The average molecular weight is 273 g/mol. The van der Waals surface area contributed by atoms with Crippen molar-refractivity contribution in [3.05, 3.63) is 16.4 Å². The second-order valence-corrected chi connectivity index (χ2v) is 4.83. The van der Waals surface area contributed by atoms with Crippen LogP contribution in [-0.4, -0.2) is 53.2 Å². The lowest BCUT2D eigenvalue weighted by atomic mass is 10.3. The predicted octanol–water partition coefficient (Wildman–Crippen LogP) is 1.71. The molecule has 102 valence electrons. The predicted molar refractivity (Wildman–Crippen MR) is 72.9 cm³/mol. The van der Waals surface area contributed by atoms with Crippen molar-refractivity contribution in [2.45, 2.75) is 26.9 Å². The number of nitrogens with zero attached hydrogens (tertiary/aromatic N) is 4. The van der Waals surface area contributed by atoms with Crippen LogP contribution in [0.1, 0.15) is 30.0 Å². The van der Waals surface area contributed by atoms with Crippen LogP contribution in [0, 0.1) is 0 Å². The molecule has 0 aromatic carbocycles. The third kappa shape index (κ3) is 3.03. The van der Waals surface area contributed by atoms with Gasteiger partial charge >= 0.3 is 0 Å². The summed E-state index contributed by atoms with van der Waals surface area (Å²) in [7, 11) is 5.40. The highest BCUT2D eigenvalue weighted by molar-refractivity contribution is 6.34. The summed E-state index contributed by atoms with van der Waals surface area (Å²) in [5.41, 5.74) is 1.23. The molecule has 0 bridgehead atoms. The maximum Gasteiger partial charge on any atom is 0.275 e. The molecule has 0 unspecified atom stereocenters. The van der Waals surface area contributed by atoms with Crippen LogP contribution < -0.4 is 0 Å². The van der Waals surface area contributed by atoms with Crippen LogP contribution in [0.15, 0.2) is 0 Å². The topological polar surface area (TPSA) is 41.4 Å². The van der Waals surface area contributed by atoms with E-state index in [1.54, 1.807) is 18.8 Å². The van der Waals surface area contributed by atoms with E-state index in [1.165, 1.54) is 4.90 Å². The minimum Gasteiger partial charge on any atom is -0.343 e. The summed E-state index contributed by atoms with van der Waals surface area (Å²) in [6, 6.07) is 0. The molecule has 0 aliphatic rings. The van der Waals surface area contributed by atoms with E-state index in [9.17, 15) is 4.79 Å². The lowest BCUT2D eigenvalue weighted by molar-refractivity contribution is 0.0821. The van der Waals surface area contributed by atoms with Gasteiger partial charge in [-0.05, 0) is 20.5 Å². The number of hydrogen-bond acceptors (Lipinski definition) is 3. The van der Waals surface area contributed by atoms with Crippen molar-refractivity contribution >= 4 is 17.5 Å². The summed E-state index contributed by atoms with van der Waals surface area (Å²) < 4.78 is 1.80. The third-order valence-corrected chi connectivity index (χ3v) is 3.26. The Morgan fingerprint density at radius 2 is 1.94 bits per heavy atom. The van der Waals surface area contributed by atoms with Gasteiger partial charge in [-0.2, -0.15) is 5.10 Å². The largest absolute Gasteiger partial charge is 0.343 e. The molecule has 1 amide bonds. The van der Waals surface area contributed by atoms with Crippen molar-refractivity contribution in [1.29, 1.82) is 0 Å². The molecule has 0 aliphatic heterocycles. The summed E-state index contributed by atoms with van der Waals surface area (Å²) in [6.45, 7) is 6.38. The lowest BCUT2D eigenvalue weighted by Crippen LogP contribution is -2.22. The standard InChI is InChI=1S/C12H21ClN4O/c1-6-16(5)8-9-10(13)11(12(18)15(3)4)14-17(9)7-2/h6-8H2,1-5H3. The maximum absolute atomic E-state index is 12.0. The molecule has 0 N–H and O–H groups in total. The SMILES string of the molecule is CCN(C)Cc1c(Cl)c(C(=O)N(C)C)nn1CC. The Hall–Kier alpha value is -1.07. The van der Waals surface area contributed by atoms with Gasteiger partial charge in [-0.1, -0.05) is 18.5 Å². The molecule has 1 rings (SSSR count). The first kappa shape index (κ1) is 15.0. The van der Waals surface area contributed by atoms with Crippen molar-refractivity contribution in [3.63, 3.8) is 0 Å². The highest BCUT2D eigenvalue weighted by Crippen LogP contribution is 2.23. The van der Waals surface area contributed by atoms with Crippen LogP contribution in [0.3, 0.4) is 0 Å². The van der Waals surface area contributed by atoms with Gasteiger partial charge in [0.15, 0.2) is 5.69 Å². The van der Waals surface area contributed by atoms with Gasteiger partial charge in [0.25, 0.3) is 5.91 Å². The normalized spacial score (nSPS) is 11.1. The zero-order valence-corrected chi connectivity index (χ0v) is 12.5. The van der Waals surface area contributed by atoms with Gasteiger partial charge in [0.1, 0.15) is 0 Å². The maximum atomic E-state index is 12.0. The fraction of sp³-hybridized carbons (Fsp3) is 0.667. The van der Waals surface area contributed by atoms with Gasteiger partial charge in [-0.3, -0.25) is 9.48 Å². The monoisotopic (exact) mass is 272 g/mol. The second kappa shape index (κ2) is 6.20. The van der Waals surface area contributed by atoms with Crippen LogP contribution in [0.25, 0.3) is 0 Å². The van der Waals surface area contributed by atoms with Crippen molar-refractivity contribution in [1.82, 2.24) is 19.6 Å². The summed E-state index contributed by atoms with van der Waals surface area (Å²) in [6.07, 6.45) is 0. The van der Waals surface area contributed by atoms with Crippen molar-refractivity contribution in [2.75, 3.05) is 27.7 Å². The van der Waals surface area contributed by atoms with E-state index in [1.807, 2.05) is 14.0 Å². The zero-order valence-electron chi connectivity index (χ0n) is 11.7. The van der Waals surface area contributed by atoms with Crippen molar-refractivity contribution < 1.29 is 4.79 Å². The van der Waals surface area contributed by atoms with Gasteiger partial charge < -0.3 is 9.80 Å². The molecule has 6 heteroatoms. The summed E-state index contributed by atoms with van der Waals surface area (Å²) in [5, 5.41) is 4.77. The van der Waals surface area contributed by atoms with E-state index < -0.39 is 0 Å². The molecule has 0 radical (unpaired) electrons. The molecule has 0 fully saturated rings. The summed E-state index contributed by atoms with van der Waals surface area (Å²) >= 11 is 6.29. The first-order chi connectivity index (χ1) is 8.42. The number of amides is 1. The zero-order chi connectivity index (χ0) is 13.9. The summed E-state index contributed by atoms with van der Waals surface area (Å²) in [4.78, 5) is 15.6. The Labute approximate surface area is 113 Å². The molecular formula is C12H21ClN4O. The number of carbonyl (C=O) groups excluding carboxylic acids is 1. The van der Waals surface area contributed by atoms with Crippen LogP contribution in [0.5, 0.6) is 0 Å². The molecule has 5 nitrogen and oxygen atoms in total. The molecule has 0 saturated carbocycles. The smallest absolute Gasteiger partial charge is 0.275 e. The van der Waals surface area contributed by atoms with Gasteiger partial charge in [0.2, 0.25) is 0 Å². The molecule has 0 atom stereocenters. The average Bonchev–Trinajstić information content (AvgIpc) is 2.65. The third-order valence-electron chi connectivity index (χ3n) is 2.86. The number of rotatable bonds is 5. The fourth-order valence-corrected chi connectivity index (χ4v) is 1.88. The Bertz CT molecular complexity index is 428. The Morgan fingerprint density at radius 1 is 1.33 bits per heavy atom. The molecule has 1 aromatic rings. The van der Waals surface area contributed by atoms with Crippen LogP contribution in [0.4, 0.5) is 0 Å². The summed E-state index contributed by atoms with van der Waals surface area (Å²) in [5.74, 6) is -0.160.